The first-order valence-electron chi connectivity index (χ1n) is 10.4. The number of amides is 2. The minimum absolute atomic E-state index is 0.0868. The van der Waals surface area contributed by atoms with Crippen LogP contribution in [-0.4, -0.2) is 49.4 Å². The van der Waals surface area contributed by atoms with Crippen LogP contribution in [-0.2, 0) is 9.53 Å². The van der Waals surface area contributed by atoms with Gasteiger partial charge in [-0.15, -0.1) is 0 Å². The van der Waals surface area contributed by atoms with E-state index in [1.807, 2.05) is 13.0 Å². The number of nitrogens with one attached hydrogen (secondary N) is 3. The van der Waals surface area contributed by atoms with Gasteiger partial charge in [0.25, 0.3) is 5.91 Å². The highest BCUT2D eigenvalue weighted by Gasteiger charge is 2.42. The number of hydrogen-bond donors (Lipinski definition) is 3. The van der Waals surface area contributed by atoms with Gasteiger partial charge in [0, 0.05) is 37.1 Å². The zero-order valence-electron chi connectivity index (χ0n) is 17.3. The Morgan fingerprint density at radius 1 is 1.21 bits per heavy atom. The Morgan fingerprint density at radius 3 is 2.52 bits per heavy atom. The number of ether oxygens (including phenoxy) is 1. The van der Waals surface area contributed by atoms with Crippen LogP contribution in [0.3, 0.4) is 0 Å². The molecule has 2 fully saturated rings. The molecule has 0 radical (unpaired) electrons. The molecular weight excluding hydrogens is 373 g/mol. The largest absolute Gasteiger partial charge is 0.364 e. The second kappa shape index (κ2) is 9.22. The first-order chi connectivity index (χ1) is 13.8. The molecule has 3 N–H and O–H groups in total. The minimum atomic E-state index is -1.13. The maximum absolute atomic E-state index is 14.9. The summed E-state index contributed by atoms with van der Waals surface area (Å²) in [5.74, 6) is -0.549. The van der Waals surface area contributed by atoms with Crippen LogP contribution in [0.5, 0.6) is 0 Å². The third-order valence-electron chi connectivity index (χ3n) is 6.38. The Hall–Kier alpha value is -1.99. The zero-order chi connectivity index (χ0) is 20.9. The first-order valence-corrected chi connectivity index (χ1v) is 10.4. The molecule has 3 rings (SSSR count). The molecule has 3 atom stereocenters. The third-order valence-corrected chi connectivity index (χ3v) is 6.38. The molecule has 0 aliphatic heterocycles. The van der Waals surface area contributed by atoms with Crippen molar-refractivity contribution in [1.29, 1.82) is 0 Å². The summed E-state index contributed by atoms with van der Waals surface area (Å²) in [7, 11) is 1.54. The van der Waals surface area contributed by atoms with Gasteiger partial charge in [-0.05, 0) is 51.2 Å². The van der Waals surface area contributed by atoms with E-state index in [2.05, 4.69) is 16.0 Å². The summed E-state index contributed by atoms with van der Waals surface area (Å²) in [6.45, 7) is 2.44. The van der Waals surface area contributed by atoms with Crippen LogP contribution in [0.4, 0.5) is 4.39 Å². The monoisotopic (exact) mass is 405 g/mol. The molecule has 2 aliphatic carbocycles. The Labute approximate surface area is 172 Å². The average Bonchev–Trinajstić information content (AvgIpc) is 2.71. The van der Waals surface area contributed by atoms with Crippen molar-refractivity contribution in [2.45, 2.75) is 62.9 Å². The van der Waals surface area contributed by atoms with E-state index in [1.54, 1.807) is 31.4 Å². The van der Waals surface area contributed by atoms with E-state index in [1.165, 1.54) is 0 Å². The molecule has 160 valence electrons. The van der Waals surface area contributed by atoms with E-state index in [4.69, 9.17) is 4.74 Å². The van der Waals surface area contributed by atoms with Crippen LogP contribution in [0, 0.1) is 5.92 Å². The summed E-state index contributed by atoms with van der Waals surface area (Å²) in [6.07, 6.45) is 3.31. The Kier molecular flexibility index (Phi) is 6.90. The maximum atomic E-state index is 14.9. The second-order valence-corrected chi connectivity index (χ2v) is 8.61. The van der Waals surface area contributed by atoms with Crippen molar-refractivity contribution in [1.82, 2.24) is 16.0 Å². The van der Waals surface area contributed by atoms with Gasteiger partial charge in [-0.2, -0.15) is 0 Å². The number of methoxy groups -OCH3 is 1. The molecule has 0 bridgehead atoms. The topological polar surface area (TPSA) is 79.5 Å². The van der Waals surface area contributed by atoms with E-state index in [0.29, 0.717) is 18.4 Å². The van der Waals surface area contributed by atoms with Gasteiger partial charge in [-0.3, -0.25) is 14.9 Å². The highest BCUT2D eigenvalue weighted by Crippen LogP contribution is 2.35. The molecule has 0 heterocycles. The van der Waals surface area contributed by atoms with Crippen LogP contribution < -0.4 is 16.0 Å². The maximum Gasteiger partial charge on any atom is 0.251 e. The van der Waals surface area contributed by atoms with E-state index >= 15 is 0 Å². The first kappa shape index (κ1) is 21.7. The second-order valence-electron chi connectivity index (χ2n) is 8.61. The fourth-order valence-electron chi connectivity index (χ4n) is 4.20. The summed E-state index contributed by atoms with van der Waals surface area (Å²) < 4.78 is 20.5. The van der Waals surface area contributed by atoms with Gasteiger partial charge in [0.05, 0.1) is 6.54 Å². The smallest absolute Gasteiger partial charge is 0.251 e. The molecule has 0 saturated heterocycles. The molecule has 2 amide bonds. The van der Waals surface area contributed by atoms with Gasteiger partial charge >= 0.3 is 0 Å². The van der Waals surface area contributed by atoms with Gasteiger partial charge in [-0.25, -0.2) is 4.39 Å². The molecule has 1 aromatic rings. The normalized spacial score (nSPS) is 28.2. The van der Waals surface area contributed by atoms with Crippen molar-refractivity contribution in [2.75, 3.05) is 20.2 Å². The van der Waals surface area contributed by atoms with Crippen molar-refractivity contribution in [3.63, 3.8) is 0 Å². The number of carbonyl (C=O) groups excluding carboxylic acids is 2. The van der Waals surface area contributed by atoms with Crippen LogP contribution in [0.2, 0.25) is 0 Å². The number of hydrogen-bond acceptors (Lipinski definition) is 4. The summed E-state index contributed by atoms with van der Waals surface area (Å²) in [5, 5.41) is 9.01. The van der Waals surface area contributed by atoms with Crippen molar-refractivity contribution in [2.24, 2.45) is 5.92 Å². The quantitative estimate of drug-likeness (QED) is 0.581. The predicted molar refractivity (Wildman–Crippen MR) is 109 cm³/mol. The lowest BCUT2D eigenvalue weighted by molar-refractivity contribution is -0.129. The van der Waals surface area contributed by atoms with Crippen molar-refractivity contribution >= 4 is 11.8 Å². The molecular formula is C22H32FN3O3. The van der Waals surface area contributed by atoms with Crippen LogP contribution in [0.25, 0.3) is 0 Å². The van der Waals surface area contributed by atoms with E-state index in [9.17, 15) is 14.0 Å². The number of rotatable bonds is 8. The molecule has 6 nitrogen and oxygen atoms in total. The average molecular weight is 406 g/mol. The standard InChI is InChI=1S/C22H32FN3O3/c1-21(10-6-11-21)26-19(27)15-25-22(29-2)12-9-17(18(23)13-22)14-24-20(28)16-7-4-3-5-8-16/h3-5,7-8,17-18,25H,6,9-15H2,1-2H3,(H,24,28)(H,26,27)/t17-,18-,22-/m0/s1. The SMILES string of the molecule is CO[C@@]1(NCC(=O)NC2(C)CCC2)CC[C@@H](CNC(=O)c2ccccc2)[C@@H](F)C1. The lowest BCUT2D eigenvalue weighted by Gasteiger charge is -2.42. The fraction of sp³-hybridized carbons (Fsp3) is 0.636. The Morgan fingerprint density at radius 2 is 1.93 bits per heavy atom. The van der Waals surface area contributed by atoms with E-state index in [-0.39, 0.29) is 42.8 Å². The van der Waals surface area contributed by atoms with Crippen molar-refractivity contribution in [3.05, 3.63) is 35.9 Å². The zero-order valence-corrected chi connectivity index (χ0v) is 17.3. The highest BCUT2D eigenvalue weighted by atomic mass is 19.1. The number of alkyl halides is 1. The minimum Gasteiger partial charge on any atom is -0.364 e. The third kappa shape index (κ3) is 5.54. The van der Waals surface area contributed by atoms with Crippen LogP contribution in [0.15, 0.2) is 30.3 Å². The highest BCUT2D eigenvalue weighted by molar-refractivity contribution is 5.94. The van der Waals surface area contributed by atoms with E-state index < -0.39 is 11.9 Å². The number of halogens is 1. The summed E-state index contributed by atoms with van der Waals surface area (Å²) in [5.41, 5.74) is -0.384. The molecule has 0 aromatic heterocycles. The number of carbonyl (C=O) groups is 2. The van der Waals surface area contributed by atoms with Crippen LogP contribution in [0.1, 0.15) is 55.8 Å². The van der Waals surface area contributed by atoms with Crippen molar-refractivity contribution in [3.8, 4) is 0 Å². The molecule has 2 aliphatic rings. The van der Waals surface area contributed by atoms with Gasteiger partial charge in [0.2, 0.25) is 5.91 Å². The molecule has 0 unspecified atom stereocenters. The van der Waals surface area contributed by atoms with Gasteiger partial charge in [0.15, 0.2) is 0 Å². The summed E-state index contributed by atoms with van der Waals surface area (Å²) >= 11 is 0. The lowest BCUT2D eigenvalue weighted by Crippen LogP contribution is -2.58. The van der Waals surface area contributed by atoms with Crippen LogP contribution >= 0.6 is 0 Å². The van der Waals surface area contributed by atoms with Gasteiger partial charge in [0.1, 0.15) is 11.9 Å². The Bertz CT molecular complexity index is 711. The molecule has 2 saturated carbocycles. The van der Waals surface area contributed by atoms with Gasteiger partial charge < -0.3 is 15.4 Å². The summed E-state index contributed by atoms with van der Waals surface area (Å²) in [4.78, 5) is 24.4. The number of benzene rings is 1. The summed E-state index contributed by atoms with van der Waals surface area (Å²) in [6, 6.07) is 8.91. The molecule has 29 heavy (non-hydrogen) atoms. The predicted octanol–water partition coefficient (Wildman–Crippen LogP) is 2.55. The molecule has 7 heteroatoms. The van der Waals surface area contributed by atoms with E-state index in [0.717, 1.165) is 19.3 Å². The molecule has 0 spiro atoms. The van der Waals surface area contributed by atoms with Crippen molar-refractivity contribution < 1.29 is 18.7 Å². The molecule has 1 aromatic carbocycles. The lowest BCUT2D eigenvalue weighted by atomic mass is 9.78. The van der Waals surface area contributed by atoms with Gasteiger partial charge in [-0.1, -0.05) is 18.2 Å². The fourth-order valence-corrected chi connectivity index (χ4v) is 4.20. The Balaban J connectivity index is 1.46.